The van der Waals surface area contributed by atoms with E-state index in [9.17, 15) is 4.79 Å². The molecular weight excluding hydrogens is 523 g/mol. The number of nitrogens with zero attached hydrogens (tertiary/aromatic N) is 2. The topological polar surface area (TPSA) is 84.4 Å². The fraction of sp³-hybridized carbons (Fsp3) is 0.652. The molecule has 9 heteroatoms. The lowest BCUT2D eigenvalue weighted by Gasteiger charge is -2.24. The molecule has 2 N–H and O–H groups in total. The van der Waals surface area contributed by atoms with Crippen LogP contribution in [-0.4, -0.2) is 69.4 Å². The zero-order chi connectivity index (χ0) is 22.2. The number of rotatable bonds is 8. The van der Waals surface area contributed by atoms with Crippen LogP contribution in [0.25, 0.3) is 0 Å². The molecule has 1 saturated heterocycles. The van der Waals surface area contributed by atoms with Crippen molar-refractivity contribution >= 4 is 35.8 Å². The standard InChI is InChI=1S/C23H36N4O4.HI/c1-5-29-20-11-17-10-16(2)31-21(17)12-18(20)13-24-23(26-15-22(28)27(3)4)25-14-19-8-6-7-9-30-19;/h11-12,16,19H,5-10,13-15H2,1-4H3,(H2,24,25,26);1H. The van der Waals surface area contributed by atoms with Gasteiger partial charge in [-0.3, -0.25) is 4.79 Å². The van der Waals surface area contributed by atoms with Crippen LogP contribution in [0.2, 0.25) is 0 Å². The van der Waals surface area contributed by atoms with Gasteiger partial charge in [0.1, 0.15) is 17.6 Å². The summed E-state index contributed by atoms with van der Waals surface area (Å²) in [5, 5.41) is 6.48. The van der Waals surface area contributed by atoms with E-state index in [2.05, 4.69) is 23.6 Å². The van der Waals surface area contributed by atoms with E-state index in [1.54, 1.807) is 19.0 Å². The summed E-state index contributed by atoms with van der Waals surface area (Å²) in [6.45, 7) is 6.68. The van der Waals surface area contributed by atoms with Crippen LogP contribution in [0.4, 0.5) is 0 Å². The van der Waals surface area contributed by atoms with E-state index in [4.69, 9.17) is 19.2 Å². The van der Waals surface area contributed by atoms with Crippen molar-refractivity contribution in [3.8, 4) is 11.5 Å². The number of aliphatic imine (C=N–C) groups is 1. The summed E-state index contributed by atoms with van der Waals surface area (Å²) in [7, 11) is 3.48. The molecule has 180 valence electrons. The molecule has 0 spiro atoms. The Balaban J connectivity index is 0.00000363. The molecule has 1 aromatic carbocycles. The molecule has 8 nitrogen and oxygen atoms in total. The van der Waals surface area contributed by atoms with Gasteiger partial charge in [-0.15, -0.1) is 24.0 Å². The number of carbonyl (C=O) groups excluding carboxylic acids is 1. The first-order chi connectivity index (χ1) is 15.0. The van der Waals surface area contributed by atoms with Crippen LogP contribution in [0.3, 0.4) is 0 Å². The fourth-order valence-corrected chi connectivity index (χ4v) is 3.73. The maximum Gasteiger partial charge on any atom is 0.241 e. The van der Waals surface area contributed by atoms with Gasteiger partial charge in [0.05, 0.1) is 25.8 Å². The molecular formula is C23H37IN4O4. The zero-order valence-corrected chi connectivity index (χ0v) is 21.9. The van der Waals surface area contributed by atoms with Gasteiger partial charge in [0.2, 0.25) is 5.91 Å². The highest BCUT2D eigenvalue weighted by Crippen LogP contribution is 2.35. The zero-order valence-electron chi connectivity index (χ0n) is 19.6. The van der Waals surface area contributed by atoms with E-state index >= 15 is 0 Å². The third kappa shape index (κ3) is 7.68. The van der Waals surface area contributed by atoms with Gasteiger partial charge >= 0.3 is 0 Å². The van der Waals surface area contributed by atoms with Crippen molar-refractivity contribution in [3.63, 3.8) is 0 Å². The Morgan fingerprint density at radius 1 is 1.28 bits per heavy atom. The summed E-state index contributed by atoms with van der Waals surface area (Å²) in [6.07, 6.45) is 4.56. The van der Waals surface area contributed by atoms with Crippen molar-refractivity contribution < 1.29 is 19.0 Å². The molecule has 0 aromatic heterocycles. The van der Waals surface area contributed by atoms with Crippen molar-refractivity contribution in [1.29, 1.82) is 0 Å². The van der Waals surface area contributed by atoms with Crippen LogP contribution in [0, 0.1) is 0 Å². The van der Waals surface area contributed by atoms with Crippen LogP contribution in [0.15, 0.2) is 17.1 Å². The Morgan fingerprint density at radius 3 is 2.78 bits per heavy atom. The van der Waals surface area contributed by atoms with E-state index in [1.807, 2.05) is 13.0 Å². The minimum atomic E-state index is -0.0154. The molecule has 2 heterocycles. The van der Waals surface area contributed by atoms with E-state index in [0.717, 1.165) is 42.9 Å². The lowest BCUT2D eigenvalue weighted by atomic mass is 10.1. The van der Waals surface area contributed by atoms with Gasteiger partial charge in [0, 0.05) is 44.8 Å². The predicted octanol–water partition coefficient (Wildman–Crippen LogP) is 2.72. The van der Waals surface area contributed by atoms with Crippen LogP contribution >= 0.6 is 24.0 Å². The number of carbonyl (C=O) groups is 1. The summed E-state index contributed by atoms with van der Waals surface area (Å²) in [4.78, 5) is 18.3. The van der Waals surface area contributed by atoms with Crippen molar-refractivity contribution in [2.45, 2.75) is 58.3 Å². The van der Waals surface area contributed by atoms with Crippen molar-refractivity contribution in [2.24, 2.45) is 4.99 Å². The van der Waals surface area contributed by atoms with Gasteiger partial charge in [-0.1, -0.05) is 0 Å². The molecule has 0 bridgehead atoms. The molecule has 2 atom stereocenters. The Bertz CT molecular complexity index is 782. The summed E-state index contributed by atoms with van der Waals surface area (Å²) < 4.78 is 17.6. The van der Waals surface area contributed by atoms with Gasteiger partial charge in [-0.05, 0) is 45.2 Å². The maximum atomic E-state index is 12.0. The summed E-state index contributed by atoms with van der Waals surface area (Å²) in [5.41, 5.74) is 2.13. The molecule has 32 heavy (non-hydrogen) atoms. The molecule has 2 aliphatic rings. The number of halogens is 1. The van der Waals surface area contributed by atoms with Crippen LogP contribution in [-0.2, 0) is 22.5 Å². The summed E-state index contributed by atoms with van der Waals surface area (Å²) in [6, 6.07) is 4.10. The molecule has 2 unspecified atom stereocenters. The minimum Gasteiger partial charge on any atom is -0.494 e. The second kappa shape index (κ2) is 13.1. The Labute approximate surface area is 208 Å². The number of fused-ring (bicyclic) bond motifs is 1. The van der Waals surface area contributed by atoms with E-state index in [0.29, 0.717) is 25.7 Å². The summed E-state index contributed by atoms with van der Waals surface area (Å²) in [5.74, 6) is 2.31. The SMILES string of the molecule is CCOc1cc2c(cc1CN=C(NCC(=O)N(C)C)NCC1CCCCO1)OC(C)C2.I. The number of hydrogen-bond acceptors (Lipinski definition) is 5. The third-order valence-electron chi connectivity index (χ3n) is 5.46. The first-order valence-electron chi connectivity index (χ1n) is 11.3. The minimum absolute atomic E-state index is 0. The molecule has 1 aromatic rings. The van der Waals surface area contributed by atoms with Gasteiger partial charge in [0.25, 0.3) is 0 Å². The normalized spacial score (nSPS) is 19.9. The van der Waals surface area contributed by atoms with Crippen molar-refractivity contribution in [1.82, 2.24) is 15.5 Å². The monoisotopic (exact) mass is 560 g/mol. The number of nitrogens with one attached hydrogen (secondary N) is 2. The molecule has 0 aliphatic carbocycles. The number of amides is 1. The number of hydrogen-bond donors (Lipinski definition) is 2. The first kappa shape index (κ1) is 26.5. The summed E-state index contributed by atoms with van der Waals surface area (Å²) >= 11 is 0. The van der Waals surface area contributed by atoms with Crippen LogP contribution < -0.4 is 20.1 Å². The highest BCUT2D eigenvalue weighted by molar-refractivity contribution is 14.0. The van der Waals surface area contributed by atoms with E-state index < -0.39 is 0 Å². The lowest BCUT2D eigenvalue weighted by Crippen LogP contribution is -2.45. The molecule has 0 saturated carbocycles. The first-order valence-corrected chi connectivity index (χ1v) is 11.3. The second-order valence-corrected chi connectivity index (χ2v) is 8.31. The second-order valence-electron chi connectivity index (χ2n) is 8.31. The van der Waals surface area contributed by atoms with Crippen molar-refractivity contribution in [3.05, 3.63) is 23.3 Å². The number of guanidine groups is 1. The molecule has 2 aliphatic heterocycles. The fourth-order valence-electron chi connectivity index (χ4n) is 3.73. The smallest absolute Gasteiger partial charge is 0.241 e. The third-order valence-corrected chi connectivity index (χ3v) is 5.46. The average molecular weight is 560 g/mol. The average Bonchev–Trinajstić information content (AvgIpc) is 3.12. The quantitative estimate of drug-likeness (QED) is 0.289. The van der Waals surface area contributed by atoms with Gasteiger partial charge in [-0.25, -0.2) is 4.99 Å². The number of ether oxygens (including phenoxy) is 3. The predicted molar refractivity (Wildman–Crippen MR) is 136 cm³/mol. The van der Waals surface area contributed by atoms with E-state index in [-0.39, 0.29) is 48.6 Å². The Morgan fingerprint density at radius 2 is 2.09 bits per heavy atom. The Hall–Kier alpha value is -1.75. The molecule has 1 amide bonds. The van der Waals surface area contributed by atoms with E-state index in [1.165, 1.54) is 12.0 Å². The number of benzene rings is 1. The van der Waals surface area contributed by atoms with Gasteiger partial charge in [0.15, 0.2) is 5.96 Å². The maximum absolute atomic E-state index is 12.0. The molecule has 1 fully saturated rings. The van der Waals surface area contributed by atoms with Crippen LogP contribution in [0.5, 0.6) is 11.5 Å². The highest BCUT2D eigenvalue weighted by Gasteiger charge is 2.22. The molecule has 0 radical (unpaired) electrons. The Kier molecular flexibility index (Phi) is 10.8. The molecule has 3 rings (SSSR count). The number of likely N-dealkylation sites (N-methyl/N-ethyl adjacent to an activating group) is 1. The van der Waals surface area contributed by atoms with Crippen LogP contribution in [0.1, 0.15) is 44.2 Å². The lowest BCUT2D eigenvalue weighted by molar-refractivity contribution is -0.127. The van der Waals surface area contributed by atoms with Gasteiger partial charge < -0.3 is 29.7 Å². The van der Waals surface area contributed by atoms with Crippen molar-refractivity contribution in [2.75, 3.05) is 40.4 Å². The largest absolute Gasteiger partial charge is 0.494 e. The highest BCUT2D eigenvalue weighted by atomic mass is 127. The van der Waals surface area contributed by atoms with Gasteiger partial charge in [-0.2, -0.15) is 0 Å².